The van der Waals surface area contributed by atoms with E-state index in [0.29, 0.717) is 0 Å². The van der Waals surface area contributed by atoms with E-state index in [1.165, 1.54) is 16.7 Å². The molecule has 1 radical (unpaired) electrons. The van der Waals surface area contributed by atoms with Gasteiger partial charge >= 0.3 is 0 Å². The van der Waals surface area contributed by atoms with Crippen molar-refractivity contribution in [2.45, 2.75) is 19.6 Å². The second kappa shape index (κ2) is 7.75. The molecule has 0 spiro atoms. The summed E-state index contributed by atoms with van der Waals surface area (Å²) in [4.78, 5) is 2.47. The summed E-state index contributed by atoms with van der Waals surface area (Å²) in [5, 5.41) is 0. The van der Waals surface area contributed by atoms with Crippen molar-refractivity contribution in [1.82, 2.24) is 4.90 Å². The van der Waals surface area contributed by atoms with Gasteiger partial charge in [0.25, 0.3) is 0 Å². The molecule has 0 bridgehead atoms. The van der Waals surface area contributed by atoms with Crippen molar-refractivity contribution in [3.8, 4) is 0 Å². The highest BCUT2D eigenvalue weighted by atomic mass is 15.1. The highest BCUT2D eigenvalue weighted by molar-refractivity contribution is 5.25. The highest BCUT2D eigenvalue weighted by Crippen LogP contribution is 2.14. The Hall–Kier alpha value is -2.38. The lowest BCUT2D eigenvalue weighted by Gasteiger charge is -2.23. The minimum Gasteiger partial charge on any atom is -0.291 e. The minimum absolute atomic E-state index is 0.935. The van der Waals surface area contributed by atoms with Crippen LogP contribution in [-0.2, 0) is 19.6 Å². The van der Waals surface area contributed by atoms with E-state index in [0.717, 1.165) is 25.2 Å². The Balaban J connectivity index is 1.76. The summed E-state index contributed by atoms with van der Waals surface area (Å²) in [7, 11) is 0. The van der Waals surface area contributed by atoms with Gasteiger partial charge in [0, 0.05) is 19.6 Å². The first-order chi connectivity index (χ1) is 11.3. The summed E-state index contributed by atoms with van der Waals surface area (Å²) in [5.74, 6) is 0. The van der Waals surface area contributed by atoms with Gasteiger partial charge in [-0.05, 0) is 29.2 Å². The molecular weight excluding hydrogens is 278 g/mol. The van der Waals surface area contributed by atoms with Crippen LogP contribution in [0.4, 0.5) is 0 Å². The summed E-state index contributed by atoms with van der Waals surface area (Å²) in [6.07, 6.45) is 0. The third-order valence-electron chi connectivity index (χ3n) is 3.93. The number of nitrogens with zero attached hydrogens (tertiary/aromatic N) is 1. The van der Waals surface area contributed by atoms with E-state index in [1.807, 2.05) is 0 Å². The van der Waals surface area contributed by atoms with E-state index < -0.39 is 0 Å². The van der Waals surface area contributed by atoms with Gasteiger partial charge in [-0.15, -0.1) is 0 Å². The molecule has 0 saturated heterocycles. The second-order valence-electron chi connectivity index (χ2n) is 5.93. The Morgan fingerprint density at radius 2 is 0.913 bits per heavy atom. The van der Waals surface area contributed by atoms with Crippen molar-refractivity contribution >= 4 is 0 Å². The summed E-state index contributed by atoms with van der Waals surface area (Å²) < 4.78 is 0. The summed E-state index contributed by atoms with van der Waals surface area (Å²) >= 11 is 0. The van der Waals surface area contributed by atoms with Crippen LogP contribution in [0.3, 0.4) is 0 Å². The molecule has 3 rings (SSSR count). The molecule has 115 valence electrons. The normalized spacial score (nSPS) is 10.9. The topological polar surface area (TPSA) is 3.24 Å². The van der Waals surface area contributed by atoms with E-state index in [9.17, 15) is 0 Å². The molecule has 1 heteroatoms. The van der Waals surface area contributed by atoms with Crippen LogP contribution in [0, 0.1) is 6.92 Å². The molecule has 0 aliphatic carbocycles. The lowest BCUT2D eigenvalue weighted by Crippen LogP contribution is -2.22. The van der Waals surface area contributed by atoms with E-state index in [4.69, 9.17) is 0 Å². The molecule has 0 atom stereocenters. The number of rotatable bonds is 6. The van der Waals surface area contributed by atoms with Gasteiger partial charge in [-0.3, -0.25) is 4.90 Å². The molecule has 0 saturated carbocycles. The average Bonchev–Trinajstić information content (AvgIpc) is 2.59. The lowest BCUT2D eigenvalue weighted by atomic mass is 10.1. The molecule has 23 heavy (non-hydrogen) atoms. The maximum absolute atomic E-state index is 3.96. The molecule has 0 aromatic heterocycles. The lowest BCUT2D eigenvalue weighted by molar-refractivity contribution is 0.247. The Morgan fingerprint density at radius 1 is 0.522 bits per heavy atom. The van der Waals surface area contributed by atoms with Crippen molar-refractivity contribution in [2.24, 2.45) is 0 Å². The largest absolute Gasteiger partial charge is 0.291 e. The van der Waals surface area contributed by atoms with Gasteiger partial charge in [0.2, 0.25) is 0 Å². The van der Waals surface area contributed by atoms with Crippen LogP contribution in [0.15, 0.2) is 84.9 Å². The molecule has 0 heterocycles. The van der Waals surface area contributed by atoms with Gasteiger partial charge in [-0.25, -0.2) is 0 Å². The minimum atomic E-state index is 0.935. The summed E-state index contributed by atoms with van der Waals surface area (Å²) in [5.41, 5.74) is 5.07. The van der Waals surface area contributed by atoms with Crippen LogP contribution in [0.25, 0.3) is 0 Å². The predicted molar refractivity (Wildman–Crippen MR) is 96.7 cm³/mol. The third kappa shape index (κ3) is 4.80. The van der Waals surface area contributed by atoms with Crippen LogP contribution < -0.4 is 0 Å². The highest BCUT2D eigenvalue weighted by Gasteiger charge is 2.08. The molecule has 0 unspecified atom stereocenters. The monoisotopic (exact) mass is 300 g/mol. The predicted octanol–water partition coefficient (Wildman–Crippen LogP) is 5.07. The van der Waals surface area contributed by atoms with Gasteiger partial charge in [0.15, 0.2) is 0 Å². The molecule has 0 N–H and O–H groups in total. The SMILES string of the molecule is [CH2]c1ccc(CN(Cc2ccccc2)Cc2ccccc2)cc1. The molecule has 1 nitrogen and oxygen atoms in total. The Kier molecular flexibility index (Phi) is 5.23. The summed E-state index contributed by atoms with van der Waals surface area (Å²) in [6.45, 7) is 6.79. The van der Waals surface area contributed by atoms with Gasteiger partial charge < -0.3 is 0 Å². The Bertz CT molecular complexity index is 660. The first kappa shape index (κ1) is 15.5. The molecule has 0 fully saturated rings. The Morgan fingerprint density at radius 3 is 1.35 bits per heavy atom. The van der Waals surface area contributed by atoms with Crippen LogP contribution in [0.2, 0.25) is 0 Å². The van der Waals surface area contributed by atoms with Gasteiger partial charge in [0.1, 0.15) is 0 Å². The van der Waals surface area contributed by atoms with Gasteiger partial charge in [-0.1, -0.05) is 84.9 Å². The second-order valence-corrected chi connectivity index (χ2v) is 5.93. The Labute approximate surface area is 139 Å². The smallest absolute Gasteiger partial charge is 0.0240 e. The quantitative estimate of drug-likeness (QED) is 0.614. The maximum atomic E-state index is 3.96. The first-order valence-electron chi connectivity index (χ1n) is 8.01. The molecule has 0 amide bonds. The molecule has 0 aliphatic rings. The van der Waals surface area contributed by atoms with E-state index >= 15 is 0 Å². The number of benzene rings is 3. The zero-order chi connectivity index (χ0) is 15.9. The number of hydrogen-bond acceptors (Lipinski definition) is 1. The van der Waals surface area contributed by atoms with Crippen molar-refractivity contribution in [2.75, 3.05) is 0 Å². The zero-order valence-electron chi connectivity index (χ0n) is 13.4. The van der Waals surface area contributed by atoms with Crippen molar-refractivity contribution in [3.63, 3.8) is 0 Å². The third-order valence-corrected chi connectivity index (χ3v) is 3.93. The summed E-state index contributed by atoms with van der Waals surface area (Å²) in [6, 6.07) is 29.8. The first-order valence-corrected chi connectivity index (χ1v) is 8.01. The molecule has 3 aromatic rings. The van der Waals surface area contributed by atoms with Gasteiger partial charge in [-0.2, -0.15) is 0 Å². The number of hydrogen-bond donors (Lipinski definition) is 0. The van der Waals surface area contributed by atoms with Crippen molar-refractivity contribution in [3.05, 3.63) is 114 Å². The van der Waals surface area contributed by atoms with Crippen LogP contribution in [-0.4, -0.2) is 4.90 Å². The maximum Gasteiger partial charge on any atom is 0.0240 e. The molecule has 3 aromatic carbocycles. The zero-order valence-corrected chi connectivity index (χ0v) is 13.4. The van der Waals surface area contributed by atoms with Crippen molar-refractivity contribution < 1.29 is 0 Å². The fourth-order valence-electron chi connectivity index (χ4n) is 2.75. The van der Waals surface area contributed by atoms with E-state index in [2.05, 4.69) is 96.8 Å². The average molecular weight is 300 g/mol. The fourth-order valence-corrected chi connectivity index (χ4v) is 2.75. The van der Waals surface area contributed by atoms with Crippen LogP contribution >= 0.6 is 0 Å². The van der Waals surface area contributed by atoms with Crippen molar-refractivity contribution in [1.29, 1.82) is 0 Å². The van der Waals surface area contributed by atoms with Crippen LogP contribution in [0.5, 0.6) is 0 Å². The van der Waals surface area contributed by atoms with E-state index in [1.54, 1.807) is 0 Å². The van der Waals surface area contributed by atoms with Gasteiger partial charge in [0.05, 0.1) is 0 Å². The molecule has 0 aliphatic heterocycles. The fraction of sp³-hybridized carbons (Fsp3) is 0.136. The van der Waals surface area contributed by atoms with Crippen LogP contribution in [0.1, 0.15) is 22.3 Å². The molecular formula is C22H22N. The van der Waals surface area contributed by atoms with E-state index in [-0.39, 0.29) is 0 Å². The standard InChI is InChI=1S/C22H22N/c1-19-12-14-22(15-13-19)18-23(16-20-8-4-2-5-9-20)17-21-10-6-3-7-11-21/h2-15H,1,16-18H2.